The molecule has 0 aliphatic heterocycles. The third kappa shape index (κ3) is 5.83. The Labute approximate surface area is 158 Å². The minimum absolute atomic E-state index is 0.0338. The van der Waals surface area contributed by atoms with E-state index in [4.69, 9.17) is 0 Å². The van der Waals surface area contributed by atoms with Crippen molar-refractivity contribution in [2.24, 2.45) is 0 Å². The average Bonchev–Trinajstić information content (AvgIpc) is 2.66. The van der Waals surface area contributed by atoms with Crippen LogP contribution in [0.4, 0.5) is 13.2 Å². The maximum atomic E-state index is 12.5. The van der Waals surface area contributed by atoms with Crippen LogP contribution in [-0.4, -0.2) is 36.0 Å². The number of carboxylic acids is 1. The summed E-state index contributed by atoms with van der Waals surface area (Å²) in [5.74, 6) is -3.40. The van der Waals surface area contributed by atoms with E-state index >= 15 is 0 Å². The fourth-order valence-electron chi connectivity index (χ4n) is 2.38. The van der Waals surface area contributed by atoms with Crippen LogP contribution in [0.5, 0.6) is 0 Å². The predicted octanol–water partition coefficient (Wildman–Crippen LogP) is 2.42. The van der Waals surface area contributed by atoms with Crippen LogP contribution in [0, 0.1) is 0 Å². The van der Waals surface area contributed by atoms with E-state index < -0.39 is 42.0 Å². The van der Waals surface area contributed by atoms with Crippen molar-refractivity contribution in [3.63, 3.8) is 0 Å². The average molecular weight is 394 g/mol. The summed E-state index contributed by atoms with van der Waals surface area (Å²) >= 11 is 0. The van der Waals surface area contributed by atoms with Gasteiger partial charge in [0.1, 0.15) is 0 Å². The number of rotatable bonds is 7. The van der Waals surface area contributed by atoms with Crippen LogP contribution >= 0.6 is 0 Å². The second-order valence-corrected chi connectivity index (χ2v) is 5.86. The first kappa shape index (κ1) is 20.9. The largest absolute Gasteiger partial charge is 0.481 e. The van der Waals surface area contributed by atoms with Gasteiger partial charge in [0, 0.05) is 12.1 Å². The van der Waals surface area contributed by atoms with Gasteiger partial charge < -0.3 is 15.7 Å². The molecule has 148 valence electrons. The molecule has 0 aromatic heterocycles. The Hall–Kier alpha value is -3.36. The highest BCUT2D eigenvalue weighted by atomic mass is 19.4. The lowest BCUT2D eigenvalue weighted by Crippen LogP contribution is -2.39. The van der Waals surface area contributed by atoms with Gasteiger partial charge in [0.2, 0.25) is 5.91 Å². The molecule has 0 saturated carbocycles. The van der Waals surface area contributed by atoms with Crippen LogP contribution in [0.25, 0.3) is 0 Å². The number of benzene rings is 2. The summed E-state index contributed by atoms with van der Waals surface area (Å²) in [6.45, 7) is -0.616. The molecule has 6 nitrogen and oxygen atoms in total. The number of carbonyl (C=O) groups is 3. The van der Waals surface area contributed by atoms with Gasteiger partial charge in [-0.25, -0.2) is 0 Å². The van der Waals surface area contributed by atoms with Gasteiger partial charge in [-0.15, -0.1) is 0 Å². The standard InChI is InChI=1S/C19H17F3N2O4/c20-19(21,22)14-8-6-13(7-9-14)17(26)24-11-16(25)23-10-15(18(27)28)12-4-2-1-3-5-12/h1-9,15H,10-11H2,(H,23,25)(H,24,26)(H,27,28). The molecule has 2 aromatic carbocycles. The molecule has 1 atom stereocenters. The first-order valence-electron chi connectivity index (χ1n) is 8.18. The lowest BCUT2D eigenvalue weighted by Gasteiger charge is -2.14. The molecule has 0 heterocycles. The Morgan fingerprint density at radius 3 is 2.07 bits per heavy atom. The Bertz CT molecular complexity index is 837. The molecular formula is C19H17F3N2O4. The van der Waals surface area contributed by atoms with Gasteiger partial charge in [0.25, 0.3) is 5.91 Å². The van der Waals surface area contributed by atoms with Crippen molar-refractivity contribution in [2.75, 3.05) is 13.1 Å². The van der Waals surface area contributed by atoms with E-state index in [0.717, 1.165) is 24.3 Å². The molecule has 2 aromatic rings. The van der Waals surface area contributed by atoms with Crippen molar-refractivity contribution in [1.82, 2.24) is 10.6 Å². The van der Waals surface area contributed by atoms with E-state index in [1.54, 1.807) is 30.3 Å². The molecule has 0 fully saturated rings. The second-order valence-electron chi connectivity index (χ2n) is 5.86. The summed E-state index contributed by atoms with van der Waals surface area (Å²) in [6, 6.07) is 11.9. The molecule has 0 aliphatic rings. The Morgan fingerprint density at radius 1 is 0.929 bits per heavy atom. The minimum atomic E-state index is -4.51. The van der Waals surface area contributed by atoms with Crippen molar-refractivity contribution in [2.45, 2.75) is 12.1 Å². The molecule has 28 heavy (non-hydrogen) atoms. The van der Waals surface area contributed by atoms with Gasteiger partial charge in [-0.2, -0.15) is 13.2 Å². The van der Waals surface area contributed by atoms with E-state index in [-0.39, 0.29) is 12.1 Å². The van der Waals surface area contributed by atoms with Crippen molar-refractivity contribution in [1.29, 1.82) is 0 Å². The summed E-state index contributed by atoms with van der Waals surface area (Å²) < 4.78 is 37.5. The topological polar surface area (TPSA) is 95.5 Å². The molecule has 3 N–H and O–H groups in total. The molecule has 2 rings (SSSR count). The van der Waals surface area contributed by atoms with Crippen LogP contribution in [0.15, 0.2) is 54.6 Å². The zero-order valence-electron chi connectivity index (χ0n) is 14.5. The molecule has 0 aliphatic carbocycles. The van der Waals surface area contributed by atoms with Crippen LogP contribution in [0.1, 0.15) is 27.4 Å². The maximum Gasteiger partial charge on any atom is 0.416 e. The molecule has 1 unspecified atom stereocenters. The highest BCUT2D eigenvalue weighted by molar-refractivity contribution is 5.96. The normalized spacial score (nSPS) is 12.1. The molecular weight excluding hydrogens is 377 g/mol. The molecule has 9 heteroatoms. The van der Waals surface area contributed by atoms with Crippen molar-refractivity contribution >= 4 is 17.8 Å². The van der Waals surface area contributed by atoms with Crippen molar-refractivity contribution < 1.29 is 32.7 Å². The summed E-state index contributed by atoms with van der Waals surface area (Å²) in [5, 5.41) is 14.0. The number of alkyl halides is 3. The lowest BCUT2D eigenvalue weighted by molar-refractivity contribution is -0.139. The fraction of sp³-hybridized carbons (Fsp3) is 0.211. The molecule has 2 amide bonds. The van der Waals surface area contributed by atoms with E-state index in [1.807, 2.05) is 0 Å². The molecule has 0 spiro atoms. The smallest absolute Gasteiger partial charge is 0.416 e. The maximum absolute atomic E-state index is 12.5. The van der Waals surface area contributed by atoms with Gasteiger partial charge in [-0.1, -0.05) is 30.3 Å². The first-order chi connectivity index (χ1) is 13.2. The van der Waals surface area contributed by atoms with Gasteiger partial charge in [-0.05, 0) is 29.8 Å². The minimum Gasteiger partial charge on any atom is -0.481 e. The van der Waals surface area contributed by atoms with Crippen molar-refractivity contribution in [3.8, 4) is 0 Å². The molecule has 0 bridgehead atoms. The third-order valence-electron chi connectivity index (χ3n) is 3.89. The number of carboxylic acid groups (broad SMARTS) is 1. The number of nitrogens with one attached hydrogen (secondary N) is 2. The fourth-order valence-corrected chi connectivity index (χ4v) is 2.38. The van der Waals surface area contributed by atoms with Crippen LogP contribution < -0.4 is 10.6 Å². The summed E-state index contributed by atoms with van der Waals surface area (Å²) in [7, 11) is 0. The zero-order chi connectivity index (χ0) is 20.7. The number of hydrogen-bond acceptors (Lipinski definition) is 3. The number of halogens is 3. The SMILES string of the molecule is O=C(CNC(=O)c1ccc(C(F)(F)F)cc1)NCC(C(=O)O)c1ccccc1. The van der Waals surface area contributed by atoms with Crippen LogP contribution in [-0.2, 0) is 15.8 Å². The summed E-state index contributed by atoms with van der Waals surface area (Å²) in [5.41, 5.74) is -0.403. The lowest BCUT2D eigenvalue weighted by atomic mass is 9.99. The van der Waals surface area contributed by atoms with Crippen LogP contribution in [0.3, 0.4) is 0 Å². The number of hydrogen-bond donors (Lipinski definition) is 3. The van der Waals surface area contributed by atoms with Gasteiger partial charge in [0.15, 0.2) is 0 Å². The van der Waals surface area contributed by atoms with E-state index in [0.29, 0.717) is 5.56 Å². The van der Waals surface area contributed by atoms with E-state index in [1.165, 1.54) is 0 Å². The number of amides is 2. The van der Waals surface area contributed by atoms with E-state index in [2.05, 4.69) is 10.6 Å². The zero-order valence-corrected chi connectivity index (χ0v) is 14.5. The monoisotopic (exact) mass is 394 g/mol. The molecule has 0 saturated heterocycles. The van der Waals surface area contributed by atoms with Gasteiger partial charge in [0.05, 0.1) is 18.0 Å². The number of aliphatic carboxylic acids is 1. The highest BCUT2D eigenvalue weighted by Crippen LogP contribution is 2.29. The second kappa shape index (κ2) is 9.03. The van der Waals surface area contributed by atoms with Crippen molar-refractivity contribution in [3.05, 3.63) is 71.3 Å². The molecule has 0 radical (unpaired) electrons. The van der Waals surface area contributed by atoms with Gasteiger partial charge in [-0.3, -0.25) is 14.4 Å². The predicted molar refractivity (Wildman–Crippen MR) is 93.6 cm³/mol. The number of carbonyl (C=O) groups excluding carboxylic acids is 2. The van der Waals surface area contributed by atoms with Crippen LogP contribution in [0.2, 0.25) is 0 Å². The first-order valence-corrected chi connectivity index (χ1v) is 8.18. The third-order valence-corrected chi connectivity index (χ3v) is 3.89. The Kier molecular flexibility index (Phi) is 6.75. The van der Waals surface area contributed by atoms with E-state index in [9.17, 15) is 32.7 Å². The Morgan fingerprint density at radius 2 is 1.54 bits per heavy atom. The quantitative estimate of drug-likeness (QED) is 0.672. The summed E-state index contributed by atoms with van der Waals surface area (Å²) in [6.07, 6.45) is -4.51. The highest BCUT2D eigenvalue weighted by Gasteiger charge is 2.30. The summed E-state index contributed by atoms with van der Waals surface area (Å²) in [4.78, 5) is 35.1. The Balaban J connectivity index is 1.86. The van der Waals surface area contributed by atoms with Gasteiger partial charge >= 0.3 is 12.1 Å².